The molecule has 0 unspecified atom stereocenters. The lowest BCUT2D eigenvalue weighted by molar-refractivity contribution is 0.134. The van der Waals surface area contributed by atoms with Crippen molar-refractivity contribution in [3.8, 4) is 0 Å². The summed E-state index contributed by atoms with van der Waals surface area (Å²) in [4.78, 5) is 12.0. The molecule has 0 aliphatic rings. The van der Waals surface area contributed by atoms with Crippen molar-refractivity contribution < 1.29 is 9.53 Å². The third kappa shape index (κ3) is 4.15. The fraction of sp³-hybridized carbons (Fsp3) is 0.357. The van der Waals surface area contributed by atoms with E-state index in [1.165, 1.54) is 0 Å². The lowest BCUT2D eigenvalue weighted by Gasteiger charge is -2.11. The summed E-state index contributed by atoms with van der Waals surface area (Å²) >= 11 is 5.02. The lowest BCUT2D eigenvalue weighted by Crippen LogP contribution is -2.29. The highest BCUT2D eigenvalue weighted by atomic mass is 32.1. The van der Waals surface area contributed by atoms with E-state index in [2.05, 4.69) is 20.8 Å². The van der Waals surface area contributed by atoms with E-state index in [0.717, 1.165) is 11.3 Å². The highest BCUT2D eigenvalue weighted by Gasteiger charge is 2.08. The fourth-order valence-electron chi connectivity index (χ4n) is 1.84. The van der Waals surface area contributed by atoms with Crippen molar-refractivity contribution in [3.63, 3.8) is 0 Å². The summed E-state index contributed by atoms with van der Waals surface area (Å²) in [5.74, 6) is 0.655. The van der Waals surface area contributed by atoms with Gasteiger partial charge in [-0.2, -0.15) is 5.10 Å². The summed E-state index contributed by atoms with van der Waals surface area (Å²) in [5.41, 5.74) is 1.65. The number of ether oxygens (including phenoxy) is 1. The number of nitrogens with zero attached hydrogens (tertiary/aromatic N) is 2. The second-order valence-electron chi connectivity index (χ2n) is 4.61. The van der Waals surface area contributed by atoms with Gasteiger partial charge in [-0.25, -0.2) is 4.79 Å². The number of amides is 2. The van der Waals surface area contributed by atoms with Crippen molar-refractivity contribution in [2.24, 2.45) is 7.05 Å². The molecule has 0 fully saturated rings. The topological polar surface area (TPSA) is 84.0 Å². The van der Waals surface area contributed by atoms with Crippen LogP contribution in [0.4, 0.5) is 10.5 Å². The first kappa shape index (κ1) is 16.2. The molecule has 2 rings (SSSR count). The summed E-state index contributed by atoms with van der Waals surface area (Å²) in [5, 5.41) is 12.3. The van der Waals surface area contributed by atoms with Gasteiger partial charge in [0.05, 0.1) is 13.2 Å². The van der Waals surface area contributed by atoms with Gasteiger partial charge >= 0.3 is 6.03 Å². The minimum Gasteiger partial charge on any atom is -0.377 e. The van der Waals surface area contributed by atoms with E-state index in [0.29, 0.717) is 23.8 Å². The molecule has 8 heteroatoms. The zero-order valence-electron chi connectivity index (χ0n) is 12.5. The first-order valence-corrected chi connectivity index (χ1v) is 7.33. The Balaban J connectivity index is 1.94. The minimum absolute atomic E-state index is 0.281. The summed E-state index contributed by atoms with van der Waals surface area (Å²) in [6, 6.07) is 7.22. The highest BCUT2D eigenvalue weighted by molar-refractivity contribution is 7.71. The number of nitrogens with one attached hydrogen (secondary N) is 3. The van der Waals surface area contributed by atoms with Crippen LogP contribution in [-0.2, 0) is 24.9 Å². The molecule has 118 valence electrons. The van der Waals surface area contributed by atoms with E-state index < -0.39 is 0 Å². The first-order valence-electron chi connectivity index (χ1n) is 6.92. The molecule has 2 amide bonds. The maximum absolute atomic E-state index is 12.0. The van der Waals surface area contributed by atoms with Crippen LogP contribution in [0.3, 0.4) is 0 Å². The number of hydrogen-bond acceptors (Lipinski definition) is 4. The van der Waals surface area contributed by atoms with Crippen LogP contribution in [0.25, 0.3) is 0 Å². The van der Waals surface area contributed by atoms with E-state index in [9.17, 15) is 4.79 Å². The predicted molar refractivity (Wildman–Crippen MR) is 86.0 cm³/mol. The Morgan fingerprint density at radius 2 is 2.23 bits per heavy atom. The summed E-state index contributed by atoms with van der Waals surface area (Å²) in [6.07, 6.45) is 0. The van der Waals surface area contributed by atoms with Crippen LogP contribution >= 0.6 is 12.2 Å². The zero-order valence-corrected chi connectivity index (χ0v) is 13.4. The van der Waals surface area contributed by atoms with E-state index in [1.807, 2.05) is 31.2 Å². The first-order chi connectivity index (χ1) is 10.6. The Labute approximate surface area is 133 Å². The maximum atomic E-state index is 12.0. The van der Waals surface area contributed by atoms with Crippen molar-refractivity contribution in [1.29, 1.82) is 0 Å². The van der Waals surface area contributed by atoms with Crippen LogP contribution < -0.4 is 10.6 Å². The average Bonchev–Trinajstić information content (AvgIpc) is 2.84. The van der Waals surface area contributed by atoms with Crippen LogP contribution in [0, 0.1) is 4.77 Å². The fourth-order valence-corrected chi connectivity index (χ4v) is 1.99. The molecule has 0 spiro atoms. The molecule has 0 atom stereocenters. The Kier molecular flexibility index (Phi) is 5.68. The third-order valence-corrected chi connectivity index (χ3v) is 3.47. The molecular formula is C14H19N5O2S. The number of aromatic nitrogens is 3. The molecular weight excluding hydrogens is 302 g/mol. The second kappa shape index (κ2) is 7.71. The minimum atomic E-state index is -0.308. The van der Waals surface area contributed by atoms with E-state index in [-0.39, 0.29) is 12.6 Å². The third-order valence-electron chi connectivity index (χ3n) is 3.11. The number of H-pyrrole nitrogens is 1. The van der Waals surface area contributed by atoms with Gasteiger partial charge in [0, 0.05) is 24.9 Å². The molecule has 0 saturated heterocycles. The number of para-hydroxylation sites is 1. The van der Waals surface area contributed by atoms with Gasteiger partial charge in [0.15, 0.2) is 10.6 Å². The normalized spacial score (nSPS) is 10.5. The molecule has 0 radical (unpaired) electrons. The SMILES string of the molecule is CCOCc1ccccc1NC(=O)NCc1n[nH]c(=S)n1C. The Morgan fingerprint density at radius 1 is 1.45 bits per heavy atom. The van der Waals surface area contributed by atoms with Crippen LogP contribution in [-0.4, -0.2) is 27.4 Å². The van der Waals surface area contributed by atoms with Crippen LogP contribution in [0.1, 0.15) is 18.3 Å². The van der Waals surface area contributed by atoms with Gasteiger partial charge in [0.1, 0.15) is 0 Å². The van der Waals surface area contributed by atoms with Gasteiger partial charge in [-0.05, 0) is 25.2 Å². The lowest BCUT2D eigenvalue weighted by atomic mass is 10.2. The number of rotatable bonds is 6. The van der Waals surface area contributed by atoms with Gasteiger partial charge in [-0.1, -0.05) is 18.2 Å². The Bertz CT molecular complexity index is 695. The van der Waals surface area contributed by atoms with Gasteiger partial charge in [0.2, 0.25) is 0 Å². The number of hydrogen-bond donors (Lipinski definition) is 3. The van der Waals surface area contributed by atoms with Crippen LogP contribution in [0.15, 0.2) is 24.3 Å². The monoisotopic (exact) mass is 321 g/mol. The van der Waals surface area contributed by atoms with Crippen LogP contribution in [0.2, 0.25) is 0 Å². The molecule has 3 N–H and O–H groups in total. The molecule has 22 heavy (non-hydrogen) atoms. The molecule has 0 aliphatic carbocycles. The van der Waals surface area contributed by atoms with Crippen molar-refractivity contribution >= 4 is 23.9 Å². The van der Waals surface area contributed by atoms with E-state index in [4.69, 9.17) is 17.0 Å². The summed E-state index contributed by atoms with van der Waals surface area (Å²) in [7, 11) is 1.79. The molecule has 1 aromatic carbocycles. The van der Waals surface area contributed by atoms with Crippen LogP contribution in [0.5, 0.6) is 0 Å². The number of urea groups is 1. The summed E-state index contributed by atoms with van der Waals surface area (Å²) < 4.78 is 7.61. The average molecular weight is 321 g/mol. The number of carbonyl (C=O) groups is 1. The molecule has 0 aliphatic heterocycles. The molecule has 0 bridgehead atoms. The standard InChI is InChI=1S/C14H19N5O2S/c1-3-21-9-10-6-4-5-7-11(10)16-13(20)15-8-12-17-18-14(22)19(12)2/h4-7H,3,8-9H2,1-2H3,(H,18,22)(H2,15,16,20). The quantitative estimate of drug-likeness (QED) is 0.713. The molecule has 0 saturated carbocycles. The highest BCUT2D eigenvalue weighted by Crippen LogP contribution is 2.15. The molecule has 1 heterocycles. The predicted octanol–water partition coefficient (Wildman–Crippen LogP) is 2.34. The van der Waals surface area contributed by atoms with Gasteiger partial charge in [-0.15, -0.1) is 0 Å². The number of aromatic amines is 1. The smallest absolute Gasteiger partial charge is 0.319 e. The van der Waals surface area contributed by atoms with Crippen molar-refractivity contribution in [1.82, 2.24) is 20.1 Å². The van der Waals surface area contributed by atoms with Crippen molar-refractivity contribution in [3.05, 3.63) is 40.4 Å². The van der Waals surface area contributed by atoms with Gasteiger partial charge < -0.3 is 19.9 Å². The van der Waals surface area contributed by atoms with Crippen molar-refractivity contribution in [2.45, 2.75) is 20.1 Å². The van der Waals surface area contributed by atoms with E-state index >= 15 is 0 Å². The van der Waals surface area contributed by atoms with Gasteiger partial charge in [-0.3, -0.25) is 5.10 Å². The largest absolute Gasteiger partial charge is 0.377 e. The molecule has 7 nitrogen and oxygen atoms in total. The number of benzene rings is 1. The number of carbonyl (C=O) groups excluding carboxylic acids is 1. The van der Waals surface area contributed by atoms with Crippen molar-refractivity contribution in [2.75, 3.05) is 11.9 Å². The Hall–Kier alpha value is -2.19. The second-order valence-corrected chi connectivity index (χ2v) is 4.99. The Morgan fingerprint density at radius 3 is 2.91 bits per heavy atom. The van der Waals surface area contributed by atoms with E-state index in [1.54, 1.807) is 11.6 Å². The maximum Gasteiger partial charge on any atom is 0.319 e. The summed E-state index contributed by atoms with van der Waals surface area (Å²) in [6.45, 7) is 3.29. The molecule has 2 aromatic rings. The molecule has 1 aromatic heterocycles. The zero-order chi connectivity index (χ0) is 15.9. The van der Waals surface area contributed by atoms with Gasteiger partial charge in [0.25, 0.3) is 0 Å². The number of anilines is 1.